The second-order valence-corrected chi connectivity index (χ2v) is 9.52. The molecule has 6 heteroatoms. The predicted octanol–water partition coefficient (Wildman–Crippen LogP) is 3.02. The lowest BCUT2D eigenvalue weighted by Crippen LogP contribution is -2.64. The number of aliphatic hydroxyl groups is 2. The fourth-order valence-electron chi connectivity index (χ4n) is 5.12. The number of amides is 1. The Morgan fingerprint density at radius 2 is 2.23 bits per heavy atom. The summed E-state index contributed by atoms with van der Waals surface area (Å²) in [6, 6.07) is 0. The van der Waals surface area contributed by atoms with Crippen molar-refractivity contribution >= 4 is 28.5 Å². The van der Waals surface area contributed by atoms with Crippen LogP contribution in [0.2, 0.25) is 0 Å². The number of aliphatic hydroxyl groups excluding tert-OH is 1. The van der Waals surface area contributed by atoms with E-state index in [1.807, 2.05) is 4.90 Å². The number of allylic oxidation sites excluding steroid dienone is 2. The molecule has 0 spiro atoms. The minimum Gasteiger partial charge on any atom is -0.396 e. The normalized spacial score (nSPS) is 40.9. The van der Waals surface area contributed by atoms with Gasteiger partial charge in [-0.2, -0.15) is 0 Å². The molecule has 0 unspecified atom stereocenters. The molecule has 3 aliphatic rings. The summed E-state index contributed by atoms with van der Waals surface area (Å²) in [5.41, 5.74) is -1.94. The number of ether oxygens (including phenoxy) is 1. The molecule has 2 saturated heterocycles. The highest BCUT2D eigenvalue weighted by atomic mass is 127. The van der Waals surface area contributed by atoms with Gasteiger partial charge in [0.1, 0.15) is 17.4 Å². The van der Waals surface area contributed by atoms with Gasteiger partial charge < -0.3 is 19.8 Å². The Hall–Kier alpha value is -0.180. The van der Waals surface area contributed by atoms with Crippen molar-refractivity contribution in [2.45, 2.75) is 80.1 Å². The van der Waals surface area contributed by atoms with Gasteiger partial charge in [0.05, 0.1) is 12.5 Å². The summed E-state index contributed by atoms with van der Waals surface area (Å²) in [7, 11) is 0. The van der Waals surface area contributed by atoms with Crippen LogP contribution < -0.4 is 0 Å². The van der Waals surface area contributed by atoms with E-state index < -0.39 is 17.1 Å². The maximum atomic E-state index is 13.3. The van der Waals surface area contributed by atoms with Gasteiger partial charge in [-0.25, -0.2) is 0 Å². The van der Waals surface area contributed by atoms with Crippen molar-refractivity contribution < 1.29 is 19.7 Å². The molecule has 2 aliphatic heterocycles. The standard InChI is InChI=1S/C20H32INO4/c1-3-4-10-16-22-18(24)15(11-12-23)19(2,25)20(22,13-26-16)17(21)14-8-6-5-7-9-14/h6,8,14-17,23,25H,3-5,7,9-13H2,1-2H3/t14-,15+,16+,17+,19+,20-/m1/s1. The van der Waals surface area contributed by atoms with E-state index in [0.29, 0.717) is 18.9 Å². The summed E-state index contributed by atoms with van der Waals surface area (Å²) in [5.74, 6) is -0.290. The second kappa shape index (κ2) is 8.05. The topological polar surface area (TPSA) is 70.0 Å². The Balaban J connectivity index is 2.00. The third-order valence-corrected chi connectivity index (χ3v) is 8.60. The van der Waals surface area contributed by atoms with Crippen molar-refractivity contribution in [3.63, 3.8) is 0 Å². The van der Waals surface area contributed by atoms with Crippen LogP contribution in [0.1, 0.15) is 58.8 Å². The molecule has 0 aromatic rings. The molecule has 3 rings (SSSR count). The minimum absolute atomic E-state index is 0.0518. The maximum Gasteiger partial charge on any atom is 0.231 e. The smallest absolute Gasteiger partial charge is 0.231 e. The van der Waals surface area contributed by atoms with Crippen molar-refractivity contribution in [1.82, 2.24) is 4.90 Å². The molecule has 5 nitrogen and oxygen atoms in total. The zero-order valence-corrected chi connectivity index (χ0v) is 18.0. The molecule has 1 aliphatic carbocycles. The quantitative estimate of drug-likeness (QED) is 0.336. The van der Waals surface area contributed by atoms with Crippen LogP contribution in [0.4, 0.5) is 0 Å². The fourth-order valence-corrected chi connectivity index (χ4v) is 6.83. The lowest BCUT2D eigenvalue weighted by Gasteiger charge is -2.47. The van der Waals surface area contributed by atoms with Crippen LogP contribution >= 0.6 is 22.6 Å². The van der Waals surface area contributed by atoms with Gasteiger partial charge in [0.15, 0.2) is 0 Å². The summed E-state index contributed by atoms with van der Waals surface area (Å²) < 4.78 is 6.20. The zero-order valence-electron chi connectivity index (χ0n) is 15.9. The monoisotopic (exact) mass is 477 g/mol. The maximum absolute atomic E-state index is 13.3. The lowest BCUT2D eigenvalue weighted by atomic mass is 9.70. The van der Waals surface area contributed by atoms with Crippen LogP contribution in [-0.2, 0) is 9.53 Å². The molecule has 26 heavy (non-hydrogen) atoms. The van der Waals surface area contributed by atoms with Crippen LogP contribution in [0, 0.1) is 11.8 Å². The molecule has 2 heterocycles. The average molecular weight is 477 g/mol. The molecule has 2 fully saturated rings. The van der Waals surface area contributed by atoms with Crippen LogP contribution in [0.3, 0.4) is 0 Å². The van der Waals surface area contributed by atoms with Gasteiger partial charge in [-0.05, 0) is 51.4 Å². The summed E-state index contributed by atoms with van der Waals surface area (Å²) in [6.07, 6.45) is 10.7. The Morgan fingerprint density at radius 1 is 1.46 bits per heavy atom. The average Bonchev–Trinajstić information content (AvgIpc) is 3.11. The van der Waals surface area contributed by atoms with Crippen molar-refractivity contribution in [3.8, 4) is 0 Å². The van der Waals surface area contributed by atoms with Crippen molar-refractivity contribution in [3.05, 3.63) is 12.2 Å². The Kier molecular flexibility index (Phi) is 6.36. The molecule has 0 saturated carbocycles. The lowest BCUT2D eigenvalue weighted by molar-refractivity contribution is -0.139. The number of rotatable bonds is 7. The van der Waals surface area contributed by atoms with Gasteiger partial charge in [-0.1, -0.05) is 48.1 Å². The number of nitrogens with zero attached hydrogens (tertiary/aromatic N) is 1. The zero-order chi connectivity index (χ0) is 18.9. The van der Waals surface area contributed by atoms with Gasteiger partial charge >= 0.3 is 0 Å². The molecule has 1 amide bonds. The van der Waals surface area contributed by atoms with Crippen LogP contribution in [0.5, 0.6) is 0 Å². The summed E-state index contributed by atoms with van der Waals surface area (Å²) in [5, 5.41) is 21.1. The first-order chi connectivity index (χ1) is 12.4. The van der Waals surface area contributed by atoms with Crippen molar-refractivity contribution in [1.29, 1.82) is 0 Å². The predicted molar refractivity (Wildman–Crippen MR) is 109 cm³/mol. The van der Waals surface area contributed by atoms with E-state index in [2.05, 4.69) is 41.7 Å². The molecule has 0 bridgehead atoms. The van der Waals surface area contributed by atoms with Gasteiger partial charge in [-0.15, -0.1) is 0 Å². The number of alkyl halides is 1. The Labute approximate surface area is 170 Å². The van der Waals surface area contributed by atoms with Gasteiger partial charge in [0.25, 0.3) is 0 Å². The van der Waals surface area contributed by atoms with Crippen LogP contribution in [0.25, 0.3) is 0 Å². The van der Waals surface area contributed by atoms with Crippen LogP contribution in [0.15, 0.2) is 12.2 Å². The molecule has 2 N–H and O–H groups in total. The van der Waals surface area contributed by atoms with E-state index in [0.717, 1.165) is 38.5 Å². The molecular weight excluding hydrogens is 445 g/mol. The van der Waals surface area contributed by atoms with Crippen molar-refractivity contribution in [2.24, 2.45) is 11.8 Å². The van der Waals surface area contributed by atoms with Gasteiger partial charge in [0, 0.05) is 10.5 Å². The van der Waals surface area contributed by atoms with E-state index in [1.54, 1.807) is 6.92 Å². The number of hydrogen-bond donors (Lipinski definition) is 2. The Morgan fingerprint density at radius 3 is 2.85 bits per heavy atom. The highest BCUT2D eigenvalue weighted by molar-refractivity contribution is 14.1. The summed E-state index contributed by atoms with van der Waals surface area (Å²) in [6.45, 7) is 4.20. The highest BCUT2D eigenvalue weighted by Crippen LogP contribution is 2.55. The number of carbonyl (C=O) groups is 1. The van der Waals surface area contributed by atoms with E-state index in [9.17, 15) is 15.0 Å². The third-order valence-electron chi connectivity index (χ3n) is 6.65. The summed E-state index contributed by atoms with van der Waals surface area (Å²) in [4.78, 5) is 15.2. The van der Waals surface area contributed by atoms with E-state index in [-0.39, 0.29) is 22.7 Å². The van der Waals surface area contributed by atoms with E-state index in [1.165, 1.54) is 0 Å². The van der Waals surface area contributed by atoms with E-state index >= 15 is 0 Å². The molecule has 0 aromatic heterocycles. The number of hydrogen-bond acceptors (Lipinski definition) is 4. The minimum atomic E-state index is -1.22. The largest absolute Gasteiger partial charge is 0.396 e. The Bertz CT molecular complexity index is 552. The molecule has 0 radical (unpaired) electrons. The number of carbonyl (C=O) groups excluding carboxylic acids is 1. The molecule has 6 atom stereocenters. The van der Waals surface area contributed by atoms with Gasteiger partial charge in [-0.3, -0.25) is 4.79 Å². The first kappa shape index (κ1) is 20.6. The number of unbranched alkanes of at least 4 members (excludes halogenated alkanes) is 1. The molecular formula is C20H32INO4. The first-order valence-corrected chi connectivity index (χ1v) is 11.2. The van der Waals surface area contributed by atoms with Gasteiger partial charge in [0.2, 0.25) is 5.91 Å². The van der Waals surface area contributed by atoms with Crippen LogP contribution in [-0.4, -0.2) is 55.5 Å². The first-order valence-electron chi connectivity index (χ1n) is 10.0. The van der Waals surface area contributed by atoms with Crippen molar-refractivity contribution in [2.75, 3.05) is 13.2 Å². The number of fused-ring (bicyclic) bond motifs is 1. The molecule has 0 aromatic carbocycles. The van der Waals surface area contributed by atoms with E-state index in [4.69, 9.17) is 4.74 Å². The second-order valence-electron chi connectivity index (χ2n) is 8.18. The fraction of sp³-hybridized carbons (Fsp3) is 0.850. The number of halogens is 1. The summed E-state index contributed by atoms with van der Waals surface area (Å²) >= 11 is 2.44. The highest BCUT2D eigenvalue weighted by Gasteiger charge is 2.72. The molecule has 148 valence electrons. The SMILES string of the molecule is CCCC[C@@H]1OC[C@]2([C@@H](I)[C@@H]3C=CCCC3)N1C(=O)[C@H](CCO)[C@]2(C)O. The third kappa shape index (κ3) is 3.05.